The van der Waals surface area contributed by atoms with Crippen LogP contribution < -0.4 is 10.0 Å². The van der Waals surface area contributed by atoms with E-state index in [1.807, 2.05) is 30.3 Å². The fourth-order valence-corrected chi connectivity index (χ4v) is 3.79. The van der Waals surface area contributed by atoms with Crippen LogP contribution in [-0.4, -0.2) is 32.9 Å². The molecule has 2 rings (SSSR count). The molecule has 0 aliphatic carbocycles. The number of hydrogen-bond acceptors (Lipinski definition) is 5. The summed E-state index contributed by atoms with van der Waals surface area (Å²) in [5.74, 6) is -0.779. The molecule has 29 heavy (non-hydrogen) atoms. The molecule has 0 aromatic heterocycles. The standard InChI is InChI=1S/C21H26N2O5S/c1-16(2)23-29(26,27)19-10-8-18(9-11-19)22-20(24)12-13-21(25)28-15-14-17-6-4-3-5-7-17/h3-11,16,23H,12-15H2,1-2H3,(H,22,24). The maximum absolute atomic E-state index is 12.1. The average molecular weight is 419 g/mol. The predicted molar refractivity (Wildman–Crippen MR) is 111 cm³/mol. The van der Waals surface area contributed by atoms with Gasteiger partial charge in [0.05, 0.1) is 17.9 Å². The molecule has 0 heterocycles. The molecule has 0 unspecified atom stereocenters. The Labute approximate surface area is 171 Å². The zero-order valence-corrected chi connectivity index (χ0v) is 17.4. The molecule has 2 N–H and O–H groups in total. The molecule has 7 nitrogen and oxygen atoms in total. The summed E-state index contributed by atoms with van der Waals surface area (Å²) in [6.45, 7) is 3.74. The molecule has 8 heteroatoms. The number of ether oxygens (including phenoxy) is 1. The summed E-state index contributed by atoms with van der Waals surface area (Å²) in [5, 5.41) is 2.64. The van der Waals surface area contributed by atoms with E-state index >= 15 is 0 Å². The smallest absolute Gasteiger partial charge is 0.306 e. The molecule has 0 saturated carbocycles. The van der Waals surface area contributed by atoms with Gasteiger partial charge in [-0.25, -0.2) is 13.1 Å². The van der Waals surface area contributed by atoms with Gasteiger partial charge in [0.25, 0.3) is 0 Å². The summed E-state index contributed by atoms with van der Waals surface area (Å²) in [7, 11) is -3.58. The van der Waals surface area contributed by atoms with Crippen LogP contribution >= 0.6 is 0 Å². The molecule has 2 aromatic carbocycles. The fourth-order valence-electron chi connectivity index (χ4n) is 2.53. The van der Waals surface area contributed by atoms with Crippen LogP contribution in [0.25, 0.3) is 0 Å². The van der Waals surface area contributed by atoms with Crippen molar-refractivity contribution in [3.8, 4) is 0 Å². The summed E-state index contributed by atoms with van der Waals surface area (Å²) in [6, 6.07) is 15.3. The minimum absolute atomic E-state index is 0.0148. The number of anilines is 1. The predicted octanol–water partition coefficient (Wildman–Crippen LogP) is 2.88. The van der Waals surface area contributed by atoms with Crippen LogP contribution in [0.1, 0.15) is 32.3 Å². The van der Waals surface area contributed by atoms with E-state index in [1.165, 1.54) is 24.3 Å². The van der Waals surface area contributed by atoms with Gasteiger partial charge in [0.2, 0.25) is 15.9 Å². The first-order valence-corrected chi connectivity index (χ1v) is 10.9. The first-order valence-electron chi connectivity index (χ1n) is 9.38. The van der Waals surface area contributed by atoms with Crippen molar-refractivity contribution in [1.82, 2.24) is 4.72 Å². The van der Waals surface area contributed by atoms with Gasteiger partial charge in [0.1, 0.15) is 0 Å². The number of hydrogen-bond donors (Lipinski definition) is 2. The van der Waals surface area contributed by atoms with Gasteiger partial charge < -0.3 is 10.1 Å². The quantitative estimate of drug-likeness (QED) is 0.578. The number of carbonyl (C=O) groups excluding carboxylic acids is 2. The molecule has 0 aliphatic rings. The van der Waals surface area contributed by atoms with Crippen LogP contribution in [0.3, 0.4) is 0 Å². The monoisotopic (exact) mass is 418 g/mol. The van der Waals surface area contributed by atoms with Crippen molar-refractivity contribution >= 4 is 27.6 Å². The lowest BCUT2D eigenvalue weighted by molar-refractivity contribution is -0.144. The van der Waals surface area contributed by atoms with E-state index in [9.17, 15) is 18.0 Å². The second-order valence-electron chi connectivity index (χ2n) is 6.80. The van der Waals surface area contributed by atoms with Crippen molar-refractivity contribution in [1.29, 1.82) is 0 Å². The number of amides is 1. The summed E-state index contributed by atoms with van der Waals surface area (Å²) in [4.78, 5) is 23.9. The third kappa shape index (κ3) is 8.05. The molecule has 0 fully saturated rings. The number of carbonyl (C=O) groups is 2. The van der Waals surface area contributed by atoms with Gasteiger partial charge in [-0.15, -0.1) is 0 Å². The van der Waals surface area contributed by atoms with Crippen LogP contribution in [0.2, 0.25) is 0 Å². The molecule has 0 atom stereocenters. The maximum Gasteiger partial charge on any atom is 0.306 e. The van der Waals surface area contributed by atoms with Gasteiger partial charge in [0.15, 0.2) is 0 Å². The van der Waals surface area contributed by atoms with E-state index in [1.54, 1.807) is 13.8 Å². The molecule has 0 radical (unpaired) electrons. The Morgan fingerprint density at radius 2 is 1.62 bits per heavy atom. The second-order valence-corrected chi connectivity index (χ2v) is 8.52. The summed E-state index contributed by atoms with van der Waals surface area (Å²) < 4.78 is 31.8. The van der Waals surface area contributed by atoms with Crippen LogP contribution in [0.4, 0.5) is 5.69 Å². The van der Waals surface area contributed by atoms with Crippen LogP contribution in [0.5, 0.6) is 0 Å². The Hall–Kier alpha value is -2.71. The Morgan fingerprint density at radius 1 is 0.966 bits per heavy atom. The van der Waals surface area contributed by atoms with Crippen LogP contribution in [-0.2, 0) is 30.8 Å². The Bertz CT molecular complexity index is 910. The summed E-state index contributed by atoms with van der Waals surface area (Å²) >= 11 is 0. The highest BCUT2D eigenvalue weighted by molar-refractivity contribution is 7.89. The zero-order chi connectivity index (χ0) is 21.3. The third-order valence-corrected chi connectivity index (χ3v) is 5.57. The van der Waals surface area contributed by atoms with Crippen molar-refractivity contribution in [2.75, 3.05) is 11.9 Å². The van der Waals surface area contributed by atoms with E-state index in [4.69, 9.17) is 4.74 Å². The molecule has 0 saturated heterocycles. The molecule has 0 bridgehead atoms. The number of esters is 1. The van der Waals surface area contributed by atoms with E-state index in [2.05, 4.69) is 10.0 Å². The zero-order valence-electron chi connectivity index (χ0n) is 16.6. The van der Waals surface area contributed by atoms with Crippen molar-refractivity contribution in [2.45, 2.75) is 44.0 Å². The number of benzene rings is 2. The van der Waals surface area contributed by atoms with E-state index in [0.717, 1.165) is 5.56 Å². The van der Waals surface area contributed by atoms with Crippen molar-refractivity contribution in [2.24, 2.45) is 0 Å². The van der Waals surface area contributed by atoms with Gasteiger partial charge in [-0.1, -0.05) is 30.3 Å². The maximum atomic E-state index is 12.1. The number of nitrogens with one attached hydrogen (secondary N) is 2. The molecular formula is C21H26N2O5S. The van der Waals surface area contributed by atoms with Gasteiger partial charge >= 0.3 is 5.97 Å². The first-order chi connectivity index (χ1) is 13.8. The number of rotatable bonds is 10. The molecule has 0 aliphatic heterocycles. The molecular weight excluding hydrogens is 392 g/mol. The van der Waals surface area contributed by atoms with E-state index < -0.39 is 16.0 Å². The Morgan fingerprint density at radius 3 is 2.24 bits per heavy atom. The lowest BCUT2D eigenvalue weighted by atomic mass is 10.2. The SMILES string of the molecule is CC(C)NS(=O)(=O)c1ccc(NC(=O)CCC(=O)OCCc2ccccc2)cc1. The highest BCUT2D eigenvalue weighted by atomic mass is 32.2. The molecule has 1 amide bonds. The minimum Gasteiger partial charge on any atom is -0.465 e. The van der Waals surface area contributed by atoms with Crippen molar-refractivity contribution in [3.05, 3.63) is 60.2 Å². The topological polar surface area (TPSA) is 102 Å². The van der Waals surface area contributed by atoms with Crippen LogP contribution in [0, 0.1) is 0 Å². The summed E-state index contributed by atoms with van der Waals surface area (Å²) in [6.07, 6.45) is 0.588. The first kappa shape index (κ1) is 22.6. The largest absolute Gasteiger partial charge is 0.465 e. The lowest BCUT2D eigenvalue weighted by Gasteiger charge is -2.10. The molecule has 156 valence electrons. The van der Waals surface area contributed by atoms with Gasteiger partial charge in [-0.3, -0.25) is 9.59 Å². The average Bonchev–Trinajstić information content (AvgIpc) is 2.67. The van der Waals surface area contributed by atoms with Crippen molar-refractivity contribution < 1.29 is 22.7 Å². The highest BCUT2D eigenvalue weighted by Crippen LogP contribution is 2.15. The van der Waals surface area contributed by atoms with E-state index in [-0.39, 0.29) is 36.3 Å². The van der Waals surface area contributed by atoms with Crippen LogP contribution in [0.15, 0.2) is 59.5 Å². The van der Waals surface area contributed by atoms with Crippen molar-refractivity contribution in [3.63, 3.8) is 0 Å². The Kier molecular flexibility index (Phi) is 8.35. The second kappa shape index (κ2) is 10.7. The Balaban J connectivity index is 1.74. The normalized spacial score (nSPS) is 11.3. The lowest BCUT2D eigenvalue weighted by Crippen LogP contribution is -2.30. The number of sulfonamides is 1. The third-order valence-electron chi connectivity index (χ3n) is 3.89. The van der Waals surface area contributed by atoms with Gasteiger partial charge in [-0.05, 0) is 43.7 Å². The van der Waals surface area contributed by atoms with E-state index in [0.29, 0.717) is 12.1 Å². The minimum atomic E-state index is -3.58. The molecule has 0 spiro atoms. The molecule has 2 aromatic rings. The highest BCUT2D eigenvalue weighted by Gasteiger charge is 2.15. The summed E-state index contributed by atoms with van der Waals surface area (Å²) in [5.41, 5.74) is 1.53. The van der Waals surface area contributed by atoms with Gasteiger partial charge in [-0.2, -0.15) is 0 Å². The fraction of sp³-hybridized carbons (Fsp3) is 0.333. The van der Waals surface area contributed by atoms with Gasteiger partial charge in [0, 0.05) is 24.6 Å².